The van der Waals surface area contributed by atoms with Crippen LogP contribution in [-0.2, 0) is 23.2 Å². The Balaban J connectivity index is 1.48. The van der Waals surface area contributed by atoms with E-state index in [1.54, 1.807) is 0 Å². The Morgan fingerprint density at radius 1 is 1.20 bits per heavy atom. The predicted octanol–water partition coefficient (Wildman–Crippen LogP) is 4.78. The SMILES string of the molecule is CC#CC1(c2c[nH]c3ncc(-c4cc5c(c(C6CCCN6)c4)COCC5)cc23)CC1. The van der Waals surface area contributed by atoms with Crippen molar-refractivity contribution < 1.29 is 4.74 Å². The lowest BCUT2D eigenvalue weighted by molar-refractivity contribution is 0.109. The third-order valence-corrected chi connectivity index (χ3v) is 7.07. The number of H-pyrrole nitrogens is 1. The average molecular weight is 398 g/mol. The molecule has 4 heterocycles. The van der Waals surface area contributed by atoms with E-state index in [-0.39, 0.29) is 5.41 Å². The van der Waals surface area contributed by atoms with Crippen LogP contribution in [0.25, 0.3) is 22.2 Å². The minimum atomic E-state index is 0.0272. The summed E-state index contributed by atoms with van der Waals surface area (Å²) in [6, 6.07) is 7.50. The number of hydrogen-bond donors (Lipinski definition) is 2. The molecule has 6 rings (SSSR count). The molecule has 2 N–H and O–H groups in total. The Labute approximate surface area is 177 Å². The Bertz CT molecular complexity index is 1190. The van der Waals surface area contributed by atoms with E-state index >= 15 is 0 Å². The zero-order valence-electron chi connectivity index (χ0n) is 17.5. The first-order valence-electron chi connectivity index (χ1n) is 11.2. The van der Waals surface area contributed by atoms with Crippen molar-refractivity contribution in [1.82, 2.24) is 15.3 Å². The fourth-order valence-electron chi connectivity index (χ4n) is 5.32. The van der Waals surface area contributed by atoms with Gasteiger partial charge >= 0.3 is 0 Å². The molecule has 3 aromatic rings. The molecule has 2 aliphatic heterocycles. The van der Waals surface area contributed by atoms with Crippen LogP contribution in [0.15, 0.2) is 30.6 Å². The molecule has 1 unspecified atom stereocenters. The van der Waals surface area contributed by atoms with Gasteiger partial charge < -0.3 is 15.0 Å². The Kier molecular flexibility index (Phi) is 4.23. The van der Waals surface area contributed by atoms with E-state index < -0.39 is 0 Å². The monoisotopic (exact) mass is 397 g/mol. The molecule has 2 fully saturated rings. The zero-order chi connectivity index (χ0) is 20.1. The second kappa shape index (κ2) is 6.97. The fraction of sp³-hybridized carbons (Fsp3) is 0.423. The summed E-state index contributed by atoms with van der Waals surface area (Å²) < 4.78 is 5.81. The van der Waals surface area contributed by atoms with Gasteiger partial charge in [-0.25, -0.2) is 4.98 Å². The van der Waals surface area contributed by atoms with Gasteiger partial charge in [-0.1, -0.05) is 12.0 Å². The molecule has 4 nitrogen and oxygen atoms in total. The number of aromatic nitrogens is 2. The van der Waals surface area contributed by atoms with E-state index in [1.807, 2.05) is 13.1 Å². The van der Waals surface area contributed by atoms with Crippen molar-refractivity contribution in [2.75, 3.05) is 13.2 Å². The molecule has 0 radical (unpaired) electrons. The third kappa shape index (κ3) is 2.88. The molecule has 1 saturated heterocycles. The molecule has 0 amide bonds. The molecule has 152 valence electrons. The normalized spacial score (nSPS) is 21.8. The minimum Gasteiger partial charge on any atom is -0.376 e. The second-order valence-electron chi connectivity index (χ2n) is 8.93. The third-order valence-electron chi connectivity index (χ3n) is 7.07. The lowest BCUT2D eigenvalue weighted by atomic mass is 9.88. The standard InChI is InChI=1S/C26H27N3O/c1-2-6-26(7-8-26)23-15-29-25-21(23)13-19(14-28-25)18-11-17-5-10-30-16-22(17)20(12-18)24-4-3-9-27-24/h11-15,24,27H,3-5,7-10,16H2,1H3,(H,28,29). The number of ether oxygens (including phenoxy) is 1. The van der Waals surface area contributed by atoms with Gasteiger partial charge in [-0.3, -0.25) is 0 Å². The Morgan fingerprint density at radius 3 is 2.93 bits per heavy atom. The Hall–Kier alpha value is -2.61. The van der Waals surface area contributed by atoms with Crippen molar-refractivity contribution in [3.8, 4) is 23.0 Å². The summed E-state index contributed by atoms with van der Waals surface area (Å²) in [5, 5.41) is 4.90. The predicted molar refractivity (Wildman–Crippen MR) is 119 cm³/mol. The number of rotatable bonds is 3. The number of nitrogens with one attached hydrogen (secondary N) is 2. The molecule has 3 aliphatic rings. The van der Waals surface area contributed by atoms with Crippen LogP contribution in [0.5, 0.6) is 0 Å². The summed E-state index contributed by atoms with van der Waals surface area (Å²) in [6.07, 6.45) is 9.85. The summed E-state index contributed by atoms with van der Waals surface area (Å²) in [5.74, 6) is 6.59. The van der Waals surface area contributed by atoms with Gasteiger partial charge in [-0.2, -0.15) is 0 Å². The highest BCUT2D eigenvalue weighted by atomic mass is 16.5. The lowest BCUT2D eigenvalue weighted by Crippen LogP contribution is -2.19. The number of benzene rings is 1. The summed E-state index contributed by atoms with van der Waals surface area (Å²) in [7, 11) is 0. The molecule has 0 bridgehead atoms. The smallest absolute Gasteiger partial charge is 0.137 e. The molecule has 30 heavy (non-hydrogen) atoms. The van der Waals surface area contributed by atoms with Crippen LogP contribution in [-0.4, -0.2) is 23.1 Å². The van der Waals surface area contributed by atoms with Gasteiger partial charge in [-0.05, 0) is 85.5 Å². The minimum absolute atomic E-state index is 0.0272. The van der Waals surface area contributed by atoms with Crippen LogP contribution in [0.3, 0.4) is 0 Å². The van der Waals surface area contributed by atoms with Crippen molar-refractivity contribution in [1.29, 1.82) is 0 Å². The van der Waals surface area contributed by atoms with Crippen molar-refractivity contribution in [3.63, 3.8) is 0 Å². The highest BCUT2D eigenvalue weighted by Crippen LogP contribution is 2.50. The summed E-state index contributed by atoms with van der Waals surface area (Å²) in [6.45, 7) is 4.59. The quantitative estimate of drug-likeness (QED) is 0.625. The summed E-state index contributed by atoms with van der Waals surface area (Å²) >= 11 is 0. The maximum atomic E-state index is 5.81. The highest BCUT2D eigenvalue weighted by molar-refractivity contribution is 5.87. The first-order valence-corrected chi connectivity index (χ1v) is 11.2. The number of hydrogen-bond acceptors (Lipinski definition) is 3. The topological polar surface area (TPSA) is 49.9 Å². The van der Waals surface area contributed by atoms with Gasteiger partial charge in [0, 0.05) is 29.4 Å². The average Bonchev–Trinajstić information content (AvgIpc) is 3.19. The van der Waals surface area contributed by atoms with Gasteiger partial charge in [-0.15, -0.1) is 5.92 Å². The molecule has 2 aromatic heterocycles. The molecule has 1 saturated carbocycles. The first kappa shape index (κ1) is 18.2. The second-order valence-corrected chi connectivity index (χ2v) is 8.93. The zero-order valence-corrected chi connectivity index (χ0v) is 17.5. The Morgan fingerprint density at radius 2 is 2.13 bits per heavy atom. The van der Waals surface area contributed by atoms with E-state index in [9.17, 15) is 0 Å². The summed E-state index contributed by atoms with van der Waals surface area (Å²) in [5.41, 5.74) is 9.02. The largest absolute Gasteiger partial charge is 0.376 e. The molecule has 1 aliphatic carbocycles. The van der Waals surface area contributed by atoms with Gasteiger partial charge in [0.1, 0.15) is 5.65 Å². The maximum Gasteiger partial charge on any atom is 0.137 e. The van der Waals surface area contributed by atoms with Crippen molar-refractivity contribution in [2.45, 2.75) is 57.1 Å². The van der Waals surface area contributed by atoms with E-state index in [2.05, 4.69) is 46.5 Å². The van der Waals surface area contributed by atoms with E-state index in [0.29, 0.717) is 6.04 Å². The van der Waals surface area contributed by atoms with Crippen LogP contribution in [0, 0.1) is 11.8 Å². The van der Waals surface area contributed by atoms with Gasteiger partial charge in [0.25, 0.3) is 0 Å². The van der Waals surface area contributed by atoms with Gasteiger partial charge in [0.05, 0.1) is 18.6 Å². The van der Waals surface area contributed by atoms with Gasteiger partial charge in [0.2, 0.25) is 0 Å². The number of aromatic amines is 1. The van der Waals surface area contributed by atoms with Crippen molar-refractivity contribution >= 4 is 11.0 Å². The molecule has 0 spiro atoms. The van der Waals surface area contributed by atoms with Crippen LogP contribution >= 0.6 is 0 Å². The molecule has 4 heteroatoms. The maximum absolute atomic E-state index is 5.81. The van der Waals surface area contributed by atoms with Gasteiger partial charge in [0.15, 0.2) is 0 Å². The fourth-order valence-corrected chi connectivity index (χ4v) is 5.32. The molecular formula is C26H27N3O. The van der Waals surface area contributed by atoms with Crippen molar-refractivity contribution in [2.24, 2.45) is 0 Å². The van der Waals surface area contributed by atoms with Crippen LogP contribution < -0.4 is 5.32 Å². The van der Waals surface area contributed by atoms with Crippen molar-refractivity contribution in [3.05, 3.63) is 52.8 Å². The van der Waals surface area contributed by atoms with Crippen LogP contribution in [0.1, 0.15) is 60.9 Å². The van der Waals surface area contributed by atoms with Crippen LogP contribution in [0.4, 0.5) is 0 Å². The van der Waals surface area contributed by atoms with E-state index in [0.717, 1.165) is 44.7 Å². The number of pyridine rings is 1. The summed E-state index contributed by atoms with van der Waals surface area (Å²) in [4.78, 5) is 8.15. The van der Waals surface area contributed by atoms with E-state index in [4.69, 9.17) is 9.72 Å². The molecule has 1 aromatic carbocycles. The highest BCUT2D eigenvalue weighted by Gasteiger charge is 2.44. The lowest BCUT2D eigenvalue weighted by Gasteiger charge is -2.24. The molecular weight excluding hydrogens is 370 g/mol. The molecule has 1 atom stereocenters. The number of nitrogens with zero attached hydrogens (tertiary/aromatic N) is 1. The first-order chi connectivity index (χ1) is 14.8. The van der Waals surface area contributed by atoms with E-state index in [1.165, 1.54) is 51.6 Å². The number of fused-ring (bicyclic) bond motifs is 2. The van der Waals surface area contributed by atoms with Crippen LogP contribution in [0.2, 0.25) is 0 Å².